The summed E-state index contributed by atoms with van der Waals surface area (Å²) < 4.78 is 0. The van der Waals surface area contributed by atoms with Crippen LogP contribution in [0.15, 0.2) is 12.2 Å². The molecule has 3 heteroatoms. The minimum atomic E-state index is -1.04. The highest BCUT2D eigenvalue weighted by molar-refractivity contribution is 5.88. The van der Waals surface area contributed by atoms with Crippen LogP contribution in [0.25, 0.3) is 0 Å². The maximum absolute atomic E-state index is 10.2. The number of carbonyl (C=O) groups is 1. The lowest BCUT2D eigenvalue weighted by Crippen LogP contribution is -2.37. The third kappa shape index (κ3) is 2.28. The van der Waals surface area contributed by atoms with Crippen LogP contribution in [-0.4, -0.2) is 16.6 Å². The number of aliphatic carboxylic acids is 1. The minimum Gasteiger partial charge on any atom is -0.478 e. The Morgan fingerprint density at radius 3 is 2.00 bits per heavy atom. The lowest BCUT2D eigenvalue weighted by molar-refractivity contribution is -0.133. The highest BCUT2D eigenvalue weighted by Gasteiger charge is 2.20. The van der Waals surface area contributed by atoms with Gasteiger partial charge in [0.2, 0.25) is 0 Å². The van der Waals surface area contributed by atoms with Crippen molar-refractivity contribution in [3.8, 4) is 0 Å². The first kappa shape index (κ1) is 8.17. The molecule has 0 aliphatic rings. The number of hydrogen-bond donors (Lipinski definition) is 2. The molecule has 0 saturated heterocycles. The van der Waals surface area contributed by atoms with Gasteiger partial charge in [0.1, 0.15) is 0 Å². The van der Waals surface area contributed by atoms with Crippen LogP contribution in [0.4, 0.5) is 0 Å². The molecule has 9 heavy (non-hydrogen) atoms. The molecule has 3 N–H and O–H groups in total. The molecule has 0 rings (SSSR count). The summed E-state index contributed by atoms with van der Waals surface area (Å²) in [5.41, 5.74) is 4.62. The van der Waals surface area contributed by atoms with Gasteiger partial charge in [-0.3, -0.25) is 0 Å². The molecule has 0 aromatic carbocycles. The Hall–Kier alpha value is -0.830. The normalized spacial score (nSPS) is 11.0. The fraction of sp³-hybridized carbons (Fsp3) is 0.500. The van der Waals surface area contributed by atoms with Crippen molar-refractivity contribution in [2.24, 2.45) is 5.73 Å². The lowest BCUT2D eigenvalue weighted by atomic mass is 9.97. The van der Waals surface area contributed by atoms with Crippen LogP contribution < -0.4 is 5.73 Å². The van der Waals surface area contributed by atoms with Crippen LogP contribution in [0.3, 0.4) is 0 Å². The molecule has 0 unspecified atom stereocenters. The third-order valence-electron chi connectivity index (χ3n) is 1.04. The van der Waals surface area contributed by atoms with Gasteiger partial charge < -0.3 is 10.8 Å². The van der Waals surface area contributed by atoms with E-state index in [4.69, 9.17) is 10.8 Å². The first-order valence-electron chi connectivity index (χ1n) is 2.57. The van der Waals surface area contributed by atoms with Crippen LogP contribution in [-0.2, 0) is 4.79 Å². The van der Waals surface area contributed by atoms with Gasteiger partial charge in [-0.1, -0.05) is 6.58 Å². The van der Waals surface area contributed by atoms with E-state index in [0.717, 1.165) is 0 Å². The van der Waals surface area contributed by atoms with E-state index in [1.165, 1.54) is 0 Å². The number of carboxylic acid groups (broad SMARTS) is 1. The Balaban J connectivity index is 4.23. The predicted octanol–water partition coefficient (Wildman–Crippen LogP) is 0.365. The molecule has 0 atom stereocenters. The summed E-state index contributed by atoms with van der Waals surface area (Å²) in [7, 11) is 0. The Labute approximate surface area is 54.2 Å². The largest absolute Gasteiger partial charge is 0.478 e. The third-order valence-corrected chi connectivity index (χ3v) is 1.04. The molecule has 0 aromatic heterocycles. The summed E-state index contributed by atoms with van der Waals surface area (Å²) in [6.07, 6.45) is 0. The Morgan fingerprint density at radius 1 is 1.67 bits per heavy atom. The summed E-state index contributed by atoms with van der Waals surface area (Å²) in [5.74, 6) is -1.04. The zero-order chi connectivity index (χ0) is 7.65. The molecule has 0 aliphatic carbocycles. The average molecular weight is 129 g/mol. The van der Waals surface area contributed by atoms with Crippen LogP contribution in [0.2, 0.25) is 0 Å². The Kier molecular flexibility index (Phi) is 1.99. The van der Waals surface area contributed by atoms with Crippen LogP contribution in [0.1, 0.15) is 13.8 Å². The summed E-state index contributed by atoms with van der Waals surface area (Å²) in [4.78, 5) is 10.2. The summed E-state index contributed by atoms with van der Waals surface area (Å²) in [6.45, 7) is 6.50. The maximum Gasteiger partial charge on any atom is 0.332 e. The molecule has 52 valence electrons. The summed E-state index contributed by atoms with van der Waals surface area (Å²) in [5, 5.41) is 8.34. The van der Waals surface area contributed by atoms with E-state index in [2.05, 4.69) is 6.58 Å². The van der Waals surface area contributed by atoms with Gasteiger partial charge in [-0.2, -0.15) is 0 Å². The molecule has 0 spiro atoms. The van der Waals surface area contributed by atoms with Crippen molar-refractivity contribution in [1.29, 1.82) is 0 Å². The second-order valence-electron chi connectivity index (χ2n) is 2.51. The van der Waals surface area contributed by atoms with E-state index in [-0.39, 0.29) is 5.57 Å². The number of carboxylic acids is 1. The van der Waals surface area contributed by atoms with Crippen LogP contribution >= 0.6 is 0 Å². The van der Waals surface area contributed by atoms with Gasteiger partial charge in [-0.15, -0.1) is 0 Å². The number of nitrogens with two attached hydrogens (primary N) is 1. The van der Waals surface area contributed by atoms with E-state index < -0.39 is 11.5 Å². The molecule has 0 heterocycles. The van der Waals surface area contributed by atoms with Crippen molar-refractivity contribution in [3.05, 3.63) is 12.2 Å². The molecule has 0 bridgehead atoms. The van der Waals surface area contributed by atoms with E-state index in [0.29, 0.717) is 0 Å². The monoisotopic (exact) mass is 129 g/mol. The zero-order valence-electron chi connectivity index (χ0n) is 5.64. The van der Waals surface area contributed by atoms with Gasteiger partial charge in [0.25, 0.3) is 0 Å². The first-order chi connectivity index (χ1) is 3.85. The standard InChI is InChI=1S/C6H11NO2/c1-4(5(8)9)6(2,3)7/h1,7H2,2-3H3,(H,8,9). The van der Waals surface area contributed by atoms with Gasteiger partial charge in [0.05, 0.1) is 0 Å². The van der Waals surface area contributed by atoms with E-state index >= 15 is 0 Å². The molecule has 0 fully saturated rings. The van der Waals surface area contributed by atoms with Crippen LogP contribution in [0.5, 0.6) is 0 Å². The maximum atomic E-state index is 10.2. The van der Waals surface area contributed by atoms with Crippen molar-refractivity contribution < 1.29 is 9.90 Å². The van der Waals surface area contributed by atoms with Crippen LogP contribution in [0, 0.1) is 0 Å². The molecular weight excluding hydrogens is 118 g/mol. The van der Waals surface area contributed by atoms with Gasteiger partial charge in [0, 0.05) is 11.1 Å². The van der Waals surface area contributed by atoms with Gasteiger partial charge in [-0.05, 0) is 13.8 Å². The van der Waals surface area contributed by atoms with Crippen molar-refractivity contribution in [2.75, 3.05) is 0 Å². The van der Waals surface area contributed by atoms with Crippen molar-refractivity contribution in [1.82, 2.24) is 0 Å². The molecule has 3 nitrogen and oxygen atoms in total. The van der Waals surface area contributed by atoms with Gasteiger partial charge in [-0.25, -0.2) is 4.79 Å². The van der Waals surface area contributed by atoms with Crippen molar-refractivity contribution in [3.63, 3.8) is 0 Å². The Bertz CT molecular complexity index is 144. The van der Waals surface area contributed by atoms with E-state index in [9.17, 15) is 4.79 Å². The summed E-state index contributed by atoms with van der Waals surface area (Å²) >= 11 is 0. The van der Waals surface area contributed by atoms with Gasteiger partial charge in [0.15, 0.2) is 0 Å². The molecule has 0 aromatic rings. The quantitative estimate of drug-likeness (QED) is 0.529. The second kappa shape index (κ2) is 2.19. The predicted molar refractivity (Wildman–Crippen MR) is 35.0 cm³/mol. The fourth-order valence-electron chi connectivity index (χ4n) is 0.276. The highest BCUT2D eigenvalue weighted by atomic mass is 16.4. The van der Waals surface area contributed by atoms with E-state index in [1.54, 1.807) is 13.8 Å². The molecular formula is C6H11NO2. The SMILES string of the molecule is C=C(C(=O)O)C(C)(C)N. The zero-order valence-corrected chi connectivity index (χ0v) is 5.64. The summed E-state index contributed by atoms with van der Waals surface area (Å²) in [6, 6.07) is 0. The first-order valence-corrected chi connectivity index (χ1v) is 2.57. The molecule has 0 saturated carbocycles. The fourth-order valence-corrected chi connectivity index (χ4v) is 0.276. The average Bonchev–Trinajstić information content (AvgIpc) is 1.62. The molecule has 0 radical (unpaired) electrons. The number of hydrogen-bond acceptors (Lipinski definition) is 2. The Morgan fingerprint density at radius 2 is 2.00 bits per heavy atom. The smallest absolute Gasteiger partial charge is 0.332 e. The number of rotatable bonds is 2. The second-order valence-corrected chi connectivity index (χ2v) is 2.51. The van der Waals surface area contributed by atoms with Crippen molar-refractivity contribution in [2.45, 2.75) is 19.4 Å². The molecule has 0 amide bonds. The minimum absolute atomic E-state index is 0.0301. The topological polar surface area (TPSA) is 63.3 Å². The molecule has 0 aliphatic heterocycles. The highest BCUT2D eigenvalue weighted by Crippen LogP contribution is 2.08. The lowest BCUT2D eigenvalue weighted by Gasteiger charge is -2.17. The van der Waals surface area contributed by atoms with Crippen molar-refractivity contribution >= 4 is 5.97 Å². The van der Waals surface area contributed by atoms with Gasteiger partial charge >= 0.3 is 5.97 Å². The van der Waals surface area contributed by atoms with E-state index in [1.807, 2.05) is 0 Å².